The van der Waals surface area contributed by atoms with Crippen molar-refractivity contribution in [2.75, 3.05) is 24.6 Å². The summed E-state index contributed by atoms with van der Waals surface area (Å²) < 4.78 is 4.98. The van der Waals surface area contributed by atoms with Crippen molar-refractivity contribution in [3.05, 3.63) is 29.8 Å². The highest BCUT2D eigenvalue weighted by atomic mass is 16.6. The molecule has 0 radical (unpaired) electrons. The van der Waals surface area contributed by atoms with Crippen molar-refractivity contribution in [2.45, 2.75) is 57.6 Å². The van der Waals surface area contributed by atoms with Gasteiger partial charge in [-0.2, -0.15) is 0 Å². The van der Waals surface area contributed by atoms with E-state index in [1.165, 1.54) is 24.8 Å². The lowest BCUT2D eigenvalue weighted by molar-refractivity contribution is 0.0642. The third kappa shape index (κ3) is 4.73. The Morgan fingerprint density at radius 1 is 1.28 bits per heavy atom. The minimum Gasteiger partial charge on any atom is -0.447 e. The lowest BCUT2D eigenvalue weighted by atomic mass is 9.83. The summed E-state index contributed by atoms with van der Waals surface area (Å²) in [7, 11) is 0. The Hall–Kier alpha value is -1.59. The van der Waals surface area contributed by atoms with Crippen LogP contribution in [0, 0.1) is 5.92 Å². The molecule has 0 bridgehead atoms. The van der Waals surface area contributed by atoms with E-state index in [2.05, 4.69) is 24.4 Å². The lowest BCUT2D eigenvalue weighted by Crippen LogP contribution is -2.26. The lowest BCUT2D eigenvalue weighted by Gasteiger charge is -2.27. The molecule has 1 aliphatic carbocycles. The molecule has 1 aromatic carbocycles. The van der Waals surface area contributed by atoms with Gasteiger partial charge in [0.05, 0.1) is 12.6 Å². The van der Waals surface area contributed by atoms with Crippen LogP contribution in [-0.4, -0.2) is 37.0 Å². The first-order valence-electron chi connectivity index (χ1n) is 9.61. The zero-order valence-electron chi connectivity index (χ0n) is 15.1. The molecule has 138 valence electrons. The van der Waals surface area contributed by atoms with Gasteiger partial charge in [-0.05, 0) is 62.8 Å². The van der Waals surface area contributed by atoms with Crippen LogP contribution in [0.4, 0.5) is 10.5 Å². The molecule has 0 spiro atoms. The summed E-state index contributed by atoms with van der Waals surface area (Å²) in [5, 5.41) is 13.6. The first kappa shape index (κ1) is 18.2. The van der Waals surface area contributed by atoms with Gasteiger partial charge in [0.15, 0.2) is 0 Å². The summed E-state index contributed by atoms with van der Waals surface area (Å²) in [4.78, 5) is 13.3. The molecular formula is C20H30N2O3. The van der Waals surface area contributed by atoms with Crippen LogP contribution in [0.2, 0.25) is 0 Å². The van der Waals surface area contributed by atoms with Crippen molar-refractivity contribution < 1.29 is 14.6 Å². The number of amides is 1. The fourth-order valence-electron chi connectivity index (χ4n) is 3.90. The molecule has 1 aromatic rings. The second-order valence-corrected chi connectivity index (χ2v) is 7.29. The van der Waals surface area contributed by atoms with E-state index in [-0.39, 0.29) is 18.2 Å². The Bertz CT molecular complexity index is 561. The van der Waals surface area contributed by atoms with Gasteiger partial charge in [-0.15, -0.1) is 0 Å². The fraction of sp³-hybridized carbons (Fsp3) is 0.650. The summed E-state index contributed by atoms with van der Waals surface area (Å²) >= 11 is 0. The van der Waals surface area contributed by atoms with Crippen molar-refractivity contribution in [1.29, 1.82) is 0 Å². The molecular weight excluding hydrogens is 316 g/mol. The minimum atomic E-state index is -0.260. The number of carbonyl (C=O) groups excluding carboxylic acids is 1. The molecule has 3 rings (SSSR count). The van der Waals surface area contributed by atoms with Crippen LogP contribution in [-0.2, 0) is 4.74 Å². The van der Waals surface area contributed by atoms with E-state index < -0.39 is 0 Å². The van der Waals surface area contributed by atoms with Crippen LogP contribution in [0.15, 0.2) is 24.3 Å². The second-order valence-electron chi connectivity index (χ2n) is 7.29. The fourth-order valence-corrected chi connectivity index (χ4v) is 3.90. The Kier molecular flexibility index (Phi) is 6.32. The van der Waals surface area contributed by atoms with E-state index in [4.69, 9.17) is 4.74 Å². The maximum Gasteiger partial charge on any atom is 0.414 e. The van der Waals surface area contributed by atoms with Crippen LogP contribution in [0.3, 0.4) is 0 Å². The maximum absolute atomic E-state index is 11.6. The highest BCUT2D eigenvalue weighted by molar-refractivity contribution is 5.89. The number of aliphatic hydroxyl groups excluding tert-OH is 1. The van der Waals surface area contributed by atoms with Gasteiger partial charge >= 0.3 is 6.09 Å². The Balaban J connectivity index is 1.42. The number of rotatable bonds is 7. The van der Waals surface area contributed by atoms with Gasteiger partial charge in [-0.3, -0.25) is 4.90 Å². The summed E-state index contributed by atoms with van der Waals surface area (Å²) in [6.45, 7) is 4.21. The molecule has 3 atom stereocenters. The standard InChI is InChI=1S/C20H30N2O3/c1-15(21-12-4-6-17-5-2-3-7-19(17)23)16-8-10-18(11-9-16)22-13-14-25-20(22)24/h8-11,15,17,19,21,23H,2-7,12-14H2,1H3. The number of nitrogens with zero attached hydrogens (tertiary/aromatic N) is 1. The largest absolute Gasteiger partial charge is 0.447 e. The number of cyclic esters (lactones) is 1. The van der Waals surface area contributed by atoms with Crippen molar-refractivity contribution >= 4 is 11.8 Å². The third-order valence-electron chi connectivity index (χ3n) is 5.54. The molecule has 0 aromatic heterocycles. The predicted molar refractivity (Wildman–Crippen MR) is 98.8 cm³/mol. The molecule has 2 aliphatic rings. The normalized spacial score (nSPS) is 25.0. The van der Waals surface area contributed by atoms with Gasteiger partial charge in [0.25, 0.3) is 0 Å². The average molecular weight is 346 g/mol. The molecule has 2 N–H and O–H groups in total. The Labute approximate surface area is 150 Å². The molecule has 1 saturated carbocycles. The molecule has 1 heterocycles. The summed E-state index contributed by atoms with van der Waals surface area (Å²) in [5.41, 5.74) is 2.11. The van der Waals surface area contributed by atoms with Crippen LogP contribution in [0.1, 0.15) is 57.1 Å². The number of ether oxygens (including phenoxy) is 1. The van der Waals surface area contributed by atoms with Crippen LogP contribution >= 0.6 is 0 Å². The molecule has 5 heteroatoms. The van der Waals surface area contributed by atoms with Crippen molar-refractivity contribution in [3.8, 4) is 0 Å². The van der Waals surface area contributed by atoms with E-state index in [9.17, 15) is 9.90 Å². The van der Waals surface area contributed by atoms with Crippen molar-refractivity contribution in [1.82, 2.24) is 5.32 Å². The second kappa shape index (κ2) is 8.68. The zero-order chi connectivity index (χ0) is 17.6. The van der Waals surface area contributed by atoms with Gasteiger partial charge in [-0.1, -0.05) is 25.0 Å². The van der Waals surface area contributed by atoms with E-state index in [0.717, 1.165) is 31.5 Å². The van der Waals surface area contributed by atoms with Crippen LogP contribution in [0.25, 0.3) is 0 Å². The zero-order valence-corrected chi connectivity index (χ0v) is 15.1. The number of anilines is 1. The van der Waals surface area contributed by atoms with E-state index in [1.807, 2.05) is 12.1 Å². The molecule has 1 aliphatic heterocycles. The number of benzene rings is 1. The number of hydrogen-bond donors (Lipinski definition) is 2. The van der Waals surface area contributed by atoms with Crippen molar-refractivity contribution in [3.63, 3.8) is 0 Å². The summed E-state index contributed by atoms with van der Waals surface area (Å²) in [5.74, 6) is 0.491. The number of nitrogens with one attached hydrogen (secondary N) is 1. The number of hydrogen-bond acceptors (Lipinski definition) is 4. The van der Waals surface area contributed by atoms with Gasteiger partial charge in [-0.25, -0.2) is 4.79 Å². The molecule has 1 amide bonds. The Morgan fingerprint density at radius 3 is 2.72 bits per heavy atom. The predicted octanol–water partition coefficient (Wildman–Crippen LogP) is 3.63. The SMILES string of the molecule is CC(NCCCC1CCCCC1O)c1ccc(N2CCOC2=O)cc1. The number of carbonyl (C=O) groups is 1. The topological polar surface area (TPSA) is 61.8 Å². The summed E-state index contributed by atoms with van der Waals surface area (Å²) in [6.07, 6.45) is 6.46. The Morgan fingerprint density at radius 2 is 2.04 bits per heavy atom. The highest BCUT2D eigenvalue weighted by Gasteiger charge is 2.24. The van der Waals surface area contributed by atoms with E-state index in [1.54, 1.807) is 4.90 Å². The van der Waals surface area contributed by atoms with Crippen molar-refractivity contribution in [2.24, 2.45) is 5.92 Å². The van der Waals surface area contributed by atoms with E-state index >= 15 is 0 Å². The smallest absolute Gasteiger partial charge is 0.414 e. The maximum atomic E-state index is 11.6. The molecule has 2 fully saturated rings. The molecule has 1 saturated heterocycles. The third-order valence-corrected chi connectivity index (χ3v) is 5.54. The monoisotopic (exact) mass is 346 g/mol. The van der Waals surface area contributed by atoms with Gasteiger partial charge in [0, 0.05) is 11.7 Å². The van der Waals surface area contributed by atoms with Crippen LogP contribution < -0.4 is 10.2 Å². The average Bonchev–Trinajstić information content (AvgIpc) is 3.06. The minimum absolute atomic E-state index is 0.0870. The van der Waals surface area contributed by atoms with Gasteiger partial charge in [0.1, 0.15) is 6.61 Å². The first-order valence-corrected chi connectivity index (χ1v) is 9.61. The summed E-state index contributed by atoms with van der Waals surface area (Å²) in [6, 6.07) is 8.39. The molecule has 25 heavy (non-hydrogen) atoms. The molecule has 3 unspecified atom stereocenters. The van der Waals surface area contributed by atoms with Gasteiger partial charge < -0.3 is 15.2 Å². The van der Waals surface area contributed by atoms with Crippen LogP contribution in [0.5, 0.6) is 0 Å². The highest BCUT2D eigenvalue weighted by Crippen LogP contribution is 2.28. The number of aliphatic hydroxyl groups is 1. The quantitative estimate of drug-likeness (QED) is 0.740. The van der Waals surface area contributed by atoms with Gasteiger partial charge in [0.2, 0.25) is 0 Å². The van der Waals surface area contributed by atoms with E-state index in [0.29, 0.717) is 19.1 Å². The first-order chi connectivity index (χ1) is 12.1. The molecule has 5 nitrogen and oxygen atoms in total.